The zero-order valence-corrected chi connectivity index (χ0v) is 19.0. The Morgan fingerprint density at radius 1 is 1.03 bits per heavy atom. The van der Waals surface area contributed by atoms with Gasteiger partial charge >= 0.3 is 12.1 Å². The lowest BCUT2D eigenvalue weighted by atomic mass is 9.98. The number of carboxylic acids is 1. The molecule has 176 valence electrons. The molecule has 8 nitrogen and oxygen atoms in total. The maximum Gasteiger partial charge on any atom is 0.407 e. The Bertz CT molecular complexity index is 992. The minimum absolute atomic E-state index is 0.0789. The summed E-state index contributed by atoms with van der Waals surface area (Å²) in [4.78, 5) is 36.3. The Labute approximate surface area is 193 Å². The molecule has 0 bridgehead atoms. The molecule has 2 aromatic carbocycles. The summed E-state index contributed by atoms with van der Waals surface area (Å²) in [5.74, 6) is -2.12. The van der Waals surface area contributed by atoms with Gasteiger partial charge in [-0.3, -0.25) is 4.79 Å². The number of benzene rings is 2. The Kier molecular flexibility index (Phi) is 7.38. The van der Waals surface area contributed by atoms with Crippen molar-refractivity contribution >= 4 is 18.0 Å². The molecule has 0 heterocycles. The van der Waals surface area contributed by atoms with E-state index < -0.39 is 36.2 Å². The first-order chi connectivity index (χ1) is 15.7. The number of nitrogens with one attached hydrogen (secondary N) is 2. The first kappa shape index (κ1) is 24.3. The van der Waals surface area contributed by atoms with E-state index in [4.69, 9.17) is 4.74 Å². The van der Waals surface area contributed by atoms with E-state index in [1.165, 1.54) is 6.92 Å². The van der Waals surface area contributed by atoms with Gasteiger partial charge in [0.15, 0.2) is 5.54 Å². The summed E-state index contributed by atoms with van der Waals surface area (Å²) >= 11 is 0. The molecule has 0 saturated heterocycles. The lowest BCUT2D eigenvalue weighted by molar-refractivity contribution is -0.148. The predicted octanol–water partition coefficient (Wildman–Crippen LogP) is 2.89. The Balaban J connectivity index is 1.62. The number of alkyl carbamates (subject to hydrolysis) is 1. The fraction of sp³-hybridized carbons (Fsp3) is 0.400. The van der Waals surface area contributed by atoms with Crippen molar-refractivity contribution in [2.45, 2.75) is 44.7 Å². The van der Waals surface area contributed by atoms with Gasteiger partial charge in [-0.05, 0) is 35.1 Å². The molecule has 0 aliphatic heterocycles. The molecule has 0 aromatic heterocycles. The summed E-state index contributed by atoms with van der Waals surface area (Å²) in [7, 11) is 0. The number of carbonyl (C=O) groups excluding carboxylic acids is 2. The van der Waals surface area contributed by atoms with Crippen LogP contribution in [0.15, 0.2) is 48.5 Å². The quantitative estimate of drug-likeness (QED) is 0.462. The van der Waals surface area contributed by atoms with Crippen LogP contribution >= 0.6 is 0 Å². The third-order valence-electron chi connectivity index (χ3n) is 6.06. The Morgan fingerprint density at radius 3 is 2.06 bits per heavy atom. The van der Waals surface area contributed by atoms with Crippen molar-refractivity contribution < 1.29 is 29.3 Å². The van der Waals surface area contributed by atoms with Crippen molar-refractivity contribution in [3.63, 3.8) is 0 Å². The zero-order valence-electron chi connectivity index (χ0n) is 19.0. The molecule has 0 fully saturated rings. The smallest absolute Gasteiger partial charge is 0.407 e. The highest BCUT2D eigenvalue weighted by Crippen LogP contribution is 2.44. The number of aliphatic carboxylic acids is 1. The summed E-state index contributed by atoms with van der Waals surface area (Å²) in [6.07, 6.45) is -0.795. The van der Waals surface area contributed by atoms with Crippen LogP contribution in [0.25, 0.3) is 11.1 Å². The zero-order chi connectivity index (χ0) is 24.2. The van der Waals surface area contributed by atoms with E-state index in [2.05, 4.69) is 22.8 Å². The number of amides is 2. The summed E-state index contributed by atoms with van der Waals surface area (Å²) in [6.45, 7) is 4.30. The second-order valence-corrected chi connectivity index (χ2v) is 8.87. The van der Waals surface area contributed by atoms with Crippen LogP contribution in [0.4, 0.5) is 4.79 Å². The van der Waals surface area contributed by atoms with Crippen LogP contribution in [-0.2, 0) is 14.3 Å². The average molecular weight is 455 g/mol. The highest BCUT2D eigenvalue weighted by Gasteiger charge is 2.35. The number of ether oxygens (including phenoxy) is 1. The van der Waals surface area contributed by atoms with Gasteiger partial charge < -0.3 is 25.6 Å². The number of carboxylic acid groups (broad SMARTS) is 1. The minimum atomic E-state index is -1.79. The first-order valence-corrected chi connectivity index (χ1v) is 10.9. The van der Waals surface area contributed by atoms with E-state index in [-0.39, 0.29) is 24.9 Å². The highest BCUT2D eigenvalue weighted by molar-refractivity contribution is 5.87. The van der Waals surface area contributed by atoms with Crippen LogP contribution < -0.4 is 10.6 Å². The van der Waals surface area contributed by atoms with Crippen molar-refractivity contribution in [1.82, 2.24) is 10.6 Å². The molecular formula is C25H30N2O6. The van der Waals surface area contributed by atoms with E-state index in [9.17, 15) is 24.6 Å². The first-order valence-electron chi connectivity index (χ1n) is 10.9. The molecular weight excluding hydrogens is 424 g/mol. The standard InChI is InChI=1S/C25H30N2O6/c1-15(2)21(12-22(29)27-25(3,14-28)23(30)31)26-24(32)33-13-20-18-10-6-4-8-16(18)17-9-5-7-11-19(17)20/h4-11,15,20-21,28H,12-14H2,1-3H3,(H,26,32)(H,27,29)(H,30,31). The fourth-order valence-electron chi connectivity index (χ4n) is 3.96. The number of aliphatic hydroxyl groups is 1. The maximum absolute atomic E-state index is 12.6. The van der Waals surface area contributed by atoms with E-state index in [1.54, 1.807) is 0 Å². The third-order valence-corrected chi connectivity index (χ3v) is 6.06. The monoisotopic (exact) mass is 454 g/mol. The maximum atomic E-state index is 12.6. The van der Waals surface area contributed by atoms with Gasteiger partial charge in [-0.25, -0.2) is 9.59 Å². The Morgan fingerprint density at radius 2 is 1.58 bits per heavy atom. The van der Waals surface area contributed by atoms with Crippen molar-refractivity contribution in [2.24, 2.45) is 5.92 Å². The number of hydrogen-bond acceptors (Lipinski definition) is 5. The van der Waals surface area contributed by atoms with Crippen LogP contribution in [0.3, 0.4) is 0 Å². The SMILES string of the molecule is CC(C)C(CC(=O)NC(C)(CO)C(=O)O)NC(=O)OCC1c2ccccc2-c2ccccc21. The lowest BCUT2D eigenvalue weighted by Crippen LogP contribution is -2.56. The highest BCUT2D eigenvalue weighted by atomic mass is 16.5. The van der Waals surface area contributed by atoms with Gasteiger partial charge in [0.25, 0.3) is 0 Å². The van der Waals surface area contributed by atoms with E-state index in [1.807, 2.05) is 50.2 Å². The van der Waals surface area contributed by atoms with E-state index >= 15 is 0 Å². The lowest BCUT2D eigenvalue weighted by Gasteiger charge is -2.27. The van der Waals surface area contributed by atoms with E-state index in [0.717, 1.165) is 22.3 Å². The van der Waals surface area contributed by atoms with Crippen LogP contribution in [0, 0.1) is 5.92 Å². The van der Waals surface area contributed by atoms with Gasteiger partial charge in [0.1, 0.15) is 6.61 Å². The van der Waals surface area contributed by atoms with Gasteiger partial charge in [0, 0.05) is 18.4 Å². The van der Waals surface area contributed by atoms with Crippen LogP contribution in [0.5, 0.6) is 0 Å². The molecule has 2 atom stereocenters. The second-order valence-electron chi connectivity index (χ2n) is 8.87. The molecule has 8 heteroatoms. The normalized spacial score (nSPS) is 15.2. The average Bonchev–Trinajstić information content (AvgIpc) is 3.10. The third kappa shape index (κ3) is 5.34. The molecule has 0 spiro atoms. The number of rotatable bonds is 9. The molecule has 2 amide bonds. The van der Waals surface area contributed by atoms with Crippen LogP contribution in [-0.4, -0.2) is 53.0 Å². The van der Waals surface area contributed by atoms with Gasteiger partial charge in [-0.15, -0.1) is 0 Å². The topological polar surface area (TPSA) is 125 Å². The van der Waals surface area contributed by atoms with Gasteiger partial charge in [0.05, 0.1) is 6.61 Å². The molecule has 1 aliphatic rings. The van der Waals surface area contributed by atoms with Gasteiger partial charge in [-0.2, -0.15) is 0 Å². The van der Waals surface area contributed by atoms with Crippen LogP contribution in [0.2, 0.25) is 0 Å². The predicted molar refractivity (Wildman–Crippen MR) is 123 cm³/mol. The number of hydrogen-bond donors (Lipinski definition) is 4. The largest absolute Gasteiger partial charge is 0.479 e. The second kappa shape index (κ2) is 10.0. The summed E-state index contributed by atoms with van der Waals surface area (Å²) in [5, 5.41) is 23.6. The van der Waals surface area contributed by atoms with Gasteiger partial charge in [0.2, 0.25) is 5.91 Å². The van der Waals surface area contributed by atoms with E-state index in [0.29, 0.717) is 0 Å². The molecule has 4 N–H and O–H groups in total. The minimum Gasteiger partial charge on any atom is -0.479 e. The van der Waals surface area contributed by atoms with Crippen molar-refractivity contribution in [3.8, 4) is 11.1 Å². The molecule has 2 unspecified atom stereocenters. The molecule has 3 rings (SSSR count). The fourth-order valence-corrected chi connectivity index (χ4v) is 3.96. The Hall–Kier alpha value is -3.39. The number of aliphatic hydroxyl groups excluding tert-OH is 1. The number of fused-ring (bicyclic) bond motifs is 3. The summed E-state index contributed by atoms with van der Waals surface area (Å²) in [6, 6.07) is 15.5. The molecule has 33 heavy (non-hydrogen) atoms. The number of carbonyl (C=O) groups is 3. The summed E-state index contributed by atoms with van der Waals surface area (Å²) in [5.41, 5.74) is 2.67. The van der Waals surface area contributed by atoms with Crippen molar-refractivity contribution in [2.75, 3.05) is 13.2 Å². The van der Waals surface area contributed by atoms with Gasteiger partial charge in [-0.1, -0.05) is 62.4 Å². The molecule has 1 aliphatic carbocycles. The van der Waals surface area contributed by atoms with Crippen molar-refractivity contribution in [1.29, 1.82) is 0 Å². The van der Waals surface area contributed by atoms with Crippen molar-refractivity contribution in [3.05, 3.63) is 59.7 Å². The molecule has 0 radical (unpaired) electrons. The molecule has 2 aromatic rings. The molecule has 0 saturated carbocycles. The van der Waals surface area contributed by atoms with Crippen LogP contribution in [0.1, 0.15) is 44.2 Å². The summed E-state index contributed by atoms with van der Waals surface area (Å²) < 4.78 is 5.55.